The minimum atomic E-state index is -0.732. The van der Waals surface area contributed by atoms with Crippen LogP contribution in [0.3, 0.4) is 0 Å². The number of methoxy groups -OCH3 is 1. The molecule has 0 atom stereocenters. The van der Waals surface area contributed by atoms with Crippen molar-refractivity contribution in [2.75, 3.05) is 12.4 Å². The van der Waals surface area contributed by atoms with Gasteiger partial charge in [0.25, 0.3) is 5.91 Å². The van der Waals surface area contributed by atoms with Gasteiger partial charge in [-0.1, -0.05) is 23.7 Å². The summed E-state index contributed by atoms with van der Waals surface area (Å²) in [5.74, 6) is -1.55. The Morgan fingerprint density at radius 1 is 1.30 bits per heavy atom. The molecule has 0 aliphatic rings. The highest BCUT2D eigenvalue weighted by Gasteiger charge is 2.16. The van der Waals surface area contributed by atoms with E-state index in [1.807, 2.05) is 0 Å². The SMILES string of the molecule is COc1cccc(C(=O)Nc2cccc(Cl)c2F)c1O. The predicted molar refractivity (Wildman–Crippen MR) is 74.0 cm³/mol. The second-order valence-corrected chi connectivity index (χ2v) is 4.32. The van der Waals surface area contributed by atoms with Gasteiger partial charge in [0.2, 0.25) is 0 Å². The summed E-state index contributed by atoms with van der Waals surface area (Å²) < 4.78 is 18.6. The quantitative estimate of drug-likeness (QED) is 0.912. The van der Waals surface area contributed by atoms with Crippen molar-refractivity contribution in [1.82, 2.24) is 0 Å². The predicted octanol–water partition coefficient (Wildman–Crippen LogP) is 3.45. The highest BCUT2D eigenvalue weighted by atomic mass is 35.5. The lowest BCUT2D eigenvalue weighted by Crippen LogP contribution is -2.13. The van der Waals surface area contributed by atoms with Gasteiger partial charge in [-0.2, -0.15) is 0 Å². The van der Waals surface area contributed by atoms with Crippen molar-refractivity contribution in [3.05, 3.63) is 52.8 Å². The molecular weight excluding hydrogens is 285 g/mol. The van der Waals surface area contributed by atoms with Gasteiger partial charge < -0.3 is 15.2 Å². The average Bonchev–Trinajstić information content (AvgIpc) is 2.44. The standard InChI is InChI=1S/C14H11ClFNO3/c1-20-11-7-2-4-8(13(11)18)14(19)17-10-6-3-5-9(15)12(10)16/h2-7,18H,1H3,(H,17,19). The Morgan fingerprint density at radius 3 is 2.70 bits per heavy atom. The summed E-state index contributed by atoms with van der Waals surface area (Å²) in [4.78, 5) is 12.0. The van der Waals surface area contributed by atoms with E-state index >= 15 is 0 Å². The van der Waals surface area contributed by atoms with Gasteiger partial charge in [-0.05, 0) is 24.3 Å². The molecule has 0 saturated heterocycles. The molecule has 2 N–H and O–H groups in total. The molecule has 0 radical (unpaired) electrons. The van der Waals surface area contributed by atoms with Crippen molar-refractivity contribution < 1.29 is 19.0 Å². The zero-order valence-electron chi connectivity index (χ0n) is 10.5. The van der Waals surface area contributed by atoms with E-state index in [0.29, 0.717) is 0 Å². The summed E-state index contributed by atoms with van der Waals surface area (Å²) >= 11 is 5.63. The molecule has 0 unspecified atom stereocenters. The van der Waals surface area contributed by atoms with E-state index in [-0.39, 0.29) is 27.8 Å². The van der Waals surface area contributed by atoms with Crippen LogP contribution in [0.5, 0.6) is 11.5 Å². The van der Waals surface area contributed by atoms with Crippen molar-refractivity contribution in [3.63, 3.8) is 0 Å². The maximum Gasteiger partial charge on any atom is 0.259 e. The number of carbonyl (C=O) groups excluding carboxylic acids is 1. The van der Waals surface area contributed by atoms with E-state index in [2.05, 4.69) is 5.32 Å². The van der Waals surface area contributed by atoms with Gasteiger partial charge in [0.05, 0.1) is 23.4 Å². The van der Waals surface area contributed by atoms with E-state index in [9.17, 15) is 14.3 Å². The number of hydrogen-bond donors (Lipinski definition) is 2. The molecule has 0 fully saturated rings. The summed E-state index contributed by atoms with van der Waals surface area (Å²) in [7, 11) is 1.37. The van der Waals surface area contributed by atoms with E-state index in [4.69, 9.17) is 16.3 Å². The normalized spacial score (nSPS) is 10.2. The number of rotatable bonds is 3. The molecule has 6 heteroatoms. The van der Waals surface area contributed by atoms with Gasteiger partial charge in [-0.25, -0.2) is 4.39 Å². The minimum Gasteiger partial charge on any atom is -0.504 e. The lowest BCUT2D eigenvalue weighted by molar-refractivity contribution is 0.102. The maximum atomic E-state index is 13.7. The molecule has 104 valence electrons. The number of aromatic hydroxyl groups is 1. The second-order valence-electron chi connectivity index (χ2n) is 3.91. The van der Waals surface area contributed by atoms with Gasteiger partial charge >= 0.3 is 0 Å². The third-order valence-electron chi connectivity index (χ3n) is 2.66. The topological polar surface area (TPSA) is 58.6 Å². The summed E-state index contributed by atoms with van der Waals surface area (Å²) in [6.45, 7) is 0. The summed E-state index contributed by atoms with van der Waals surface area (Å²) in [5, 5.41) is 12.1. The molecule has 4 nitrogen and oxygen atoms in total. The molecule has 0 aliphatic heterocycles. The van der Waals surface area contributed by atoms with Crippen LogP contribution < -0.4 is 10.1 Å². The van der Waals surface area contributed by atoms with Crippen LogP contribution in [0.15, 0.2) is 36.4 Å². The largest absolute Gasteiger partial charge is 0.504 e. The highest BCUT2D eigenvalue weighted by molar-refractivity contribution is 6.31. The molecule has 1 amide bonds. The lowest BCUT2D eigenvalue weighted by Gasteiger charge is -2.10. The molecule has 0 saturated carbocycles. The molecule has 0 aliphatic carbocycles. The molecule has 0 bridgehead atoms. The molecule has 0 aromatic heterocycles. The Labute approximate surface area is 119 Å². The first kappa shape index (κ1) is 14.1. The van der Waals surface area contributed by atoms with Crippen molar-refractivity contribution >= 4 is 23.2 Å². The molecule has 2 aromatic rings. The maximum absolute atomic E-state index is 13.7. The number of halogens is 2. The van der Waals surface area contributed by atoms with Crippen LogP contribution in [0.4, 0.5) is 10.1 Å². The Hall–Kier alpha value is -2.27. The van der Waals surface area contributed by atoms with Crippen molar-refractivity contribution in [1.29, 1.82) is 0 Å². The van der Waals surface area contributed by atoms with Crippen molar-refractivity contribution in [3.8, 4) is 11.5 Å². The van der Waals surface area contributed by atoms with Crippen LogP contribution in [0.2, 0.25) is 5.02 Å². The number of phenolic OH excluding ortho intramolecular Hbond substituents is 1. The Balaban J connectivity index is 2.31. The molecule has 0 spiro atoms. The Bertz CT molecular complexity index is 661. The van der Waals surface area contributed by atoms with Crippen molar-refractivity contribution in [2.24, 2.45) is 0 Å². The number of para-hydroxylation sites is 1. The van der Waals surface area contributed by atoms with Crippen molar-refractivity contribution in [2.45, 2.75) is 0 Å². The van der Waals surface area contributed by atoms with Gasteiger partial charge in [0.15, 0.2) is 17.3 Å². The third-order valence-corrected chi connectivity index (χ3v) is 2.96. The highest BCUT2D eigenvalue weighted by Crippen LogP contribution is 2.30. The molecule has 2 aromatic carbocycles. The zero-order chi connectivity index (χ0) is 14.7. The van der Waals surface area contributed by atoms with Crippen LogP contribution >= 0.6 is 11.6 Å². The fourth-order valence-corrected chi connectivity index (χ4v) is 1.83. The molecule has 2 rings (SSSR count). The van der Waals surface area contributed by atoms with Crippen LogP contribution in [-0.2, 0) is 0 Å². The van der Waals surface area contributed by atoms with Gasteiger partial charge in [-0.3, -0.25) is 4.79 Å². The number of phenols is 1. The van der Waals surface area contributed by atoms with Crippen LogP contribution in [-0.4, -0.2) is 18.1 Å². The molecule has 20 heavy (non-hydrogen) atoms. The lowest BCUT2D eigenvalue weighted by atomic mass is 10.1. The third kappa shape index (κ3) is 2.67. The fraction of sp³-hybridized carbons (Fsp3) is 0.0714. The first-order valence-electron chi connectivity index (χ1n) is 5.66. The fourth-order valence-electron chi connectivity index (χ4n) is 1.66. The Kier molecular flexibility index (Phi) is 4.10. The summed E-state index contributed by atoms with van der Waals surface area (Å²) in [5.41, 5.74) is -0.0894. The number of amides is 1. The van der Waals surface area contributed by atoms with E-state index in [0.717, 1.165) is 0 Å². The first-order valence-corrected chi connectivity index (χ1v) is 6.03. The molecule has 0 heterocycles. The van der Waals surface area contributed by atoms with Crippen LogP contribution in [0.1, 0.15) is 10.4 Å². The number of nitrogens with one attached hydrogen (secondary N) is 1. The number of anilines is 1. The van der Waals surface area contributed by atoms with Crippen LogP contribution in [0, 0.1) is 5.82 Å². The number of hydrogen-bond acceptors (Lipinski definition) is 3. The number of benzene rings is 2. The van der Waals surface area contributed by atoms with Crippen LogP contribution in [0.25, 0.3) is 0 Å². The van der Waals surface area contributed by atoms with E-state index in [1.165, 1.54) is 37.4 Å². The number of ether oxygens (including phenoxy) is 1. The average molecular weight is 296 g/mol. The zero-order valence-corrected chi connectivity index (χ0v) is 11.2. The van der Waals surface area contributed by atoms with E-state index < -0.39 is 11.7 Å². The first-order chi connectivity index (χ1) is 9.54. The molecular formula is C14H11ClFNO3. The summed E-state index contributed by atoms with van der Waals surface area (Å²) in [6.07, 6.45) is 0. The minimum absolute atomic E-state index is 0.0243. The second kappa shape index (κ2) is 5.79. The van der Waals surface area contributed by atoms with Gasteiger partial charge in [-0.15, -0.1) is 0 Å². The summed E-state index contributed by atoms with van der Waals surface area (Å²) in [6, 6.07) is 8.70. The number of carbonyl (C=O) groups is 1. The monoisotopic (exact) mass is 295 g/mol. The van der Waals surface area contributed by atoms with E-state index in [1.54, 1.807) is 6.07 Å². The smallest absolute Gasteiger partial charge is 0.259 e. The Morgan fingerprint density at radius 2 is 2.00 bits per heavy atom. The van der Waals surface area contributed by atoms with Gasteiger partial charge in [0, 0.05) is 0 Å². The van der Waals surface area contributed by atoms with Gasteiger partial charge in [0.1, 0.15) is 0 Å².